The number of halogens is 1. The largest absolute Gasteiger partial charge is 0.348 e. The first-order valence-corrected chi connectivity index (χ1v) is 18.1. The molecule has 2 aliphatic rings. The molecule has 53 heavy (non-hydrogen) atoms. The number of amides is 1. The topological polar surface area (TPSA) is 147 Å². The van der Waals surface area contributed by atoms with Gasteiger partial charge in [0.15, 0.2) is 0 Å². The summed E-state index contributed by atoms with van der Waals surface area (Å²) in [5.74, 6) is -0.126. The second-order valence-corrected chi connectivity index (χ2v) is 13.9. The van der Waals surface area contributed by atoms with Gasteiger partial charge in [-0.1, -0.05) is 47.9 Å². The number of carbonyl (C=O) groups is 2. The Hall–Kier alpha value is -4.57. The lowest BCUT2D eigenvalue weighted by Crippen LogP contribution is -2.43. The summed E-state index contributed by atoms with van der Waals surface area (Å²) in [6, 6.07) is 16.0. The van der Waals surface area contributed by atoms with Crippen molar-refractivity contribution in [2.24, 2.45) is 5.73 Å². The molecule has 2 saturated heterocycles. The van der Waals surface area contributed by atoms with Gasteiger partial charge in [0.1, 0.15) is 0 Å². The third-order valence-electron chi connectivity index (χ3n) is 8.86. The van der Waals surface area contributed by atoms with Crippen LogP contribution in [0.15, 0.2) is 85.2 Å². The first-order chi connectivity index (χ1) is 25.4. The van der Waals surface area contributed by atoms with Crippen LogP contribution in [0.4, 0.5) is 0 Å². The summed E-state index contributed by atoms with van der Waals surface area (Å²) in [7, 11) is 4.32. The predicted molar refractivity (Wildman–Crippen MR) is 208 cm³/mol. The first-order valence-electron chi connectivity index (χ1n) is 17.7. The molecule has 6 rings (SSSR count). The average molecular weight is 745 g/mol. The van der Waals surface area contributed by atoms with E-state index in [1.54, 1.807) is 18.5 Å². The van der Waals surface area contributed by atoms with Crippen LogP contribution >= 0.6 is 11.6 Å². The van der Waals surface area contributed by atoms with Gasteiger partial charge >= 0.3 is 0 Å². The smallest absolute Gasteiger partial charge is 0.247 e. The molecule has 4 aromatic rings. The molecule has 2 fully saturated rings. The van der Waals surface area contributed by atoms with Gasteiger partial charge in [-0.05, 0) is 74.9 Å². The van der Waals surface area contributed by atoms with E-state index in [9.17, 15) is 9.59 Å². The van der Waals surface area contributed by atoms with E-state index in [-0.39, 0.29) is 5.91 Å². The number of nitrogens with two attached hydrogens (primary N) is 1. The minimum atomic E-state index is -0.463. The van der Waals surface area contributed by atoms with Gasteiger partial charge in [0.2, 0.25) is 11.1 Å². The molecular weight excluding hydrogens is 692 g/mol. The number of likely N-dealkylation sites (N-methyl/N-ethyl adjacent to an activating group) is 2. The van der Waals surface area contributed by atoms with Gasteiger partial charge in [-0.2, -0.15) is 0 Å². The zero-order valence-electron chi connectivity index (χ0n) is 31.4. The van der Waals surface area contributed by atoms with Gasteiger partial charge in [-0.3, -0.25) is 19.4 Å². The number of nitrogens with one attached hydrogen (secondary N) is 1. The van der Waals surface area contributed by atoms with Crippen LogP contribution in [0.3, 0.4) is 0 Å². The molecule has 14 nitrogen and oxygen atoms in total. The molecular formula is C38H53ClN12O2. The van der Waals surface area contributed by atoms with Crippen molar-refractivity contribution in [1.29, 1.82) is 0 Å². The summed E-state index contributed by atoms with van der Waals surface area (Å²) < 4.78 is 3.62. The van der Waals surface area contributed by atoms with Crippen LogP contribution in [0.1, 0.15) is 36.4 Å². The third-order valence-corrected chi connectivity index (χ3v) is 9.18. The van der Waals surface area contributed by atoms with Crippen molar-refractivity contribution in [2.45, 2.75) is 40.0 Å². The fraction of sp³-hybridized carbons (Fsp3) is 0.421. The number of carbonyl (C=O) groups excluding carboxylic acids is 2. The first kappa shape index (κ1) is 41.2. The summed E-state index contributed by atoms with van der Waals surface area (Å²) in [6.07, 6.45) is 3.99. The van der Waals surface area contributed by atoms with Crippen LogP contribution in [-0.4, -0.2) is 127 Å². The Labute approximate surface area is 317 Å². The van der Waals surface area contributed by atoms with Crippen molar-refractivity contribution in [3.63, 3.8) is 0 Å². The predicted octanol–water partition coefficient (Wildman–Crippen LogP) is 3.01. The molecule has 2 aromatic heterocycles. The number of aromatic nitrogens is 6. The Kier molecular flexibility index (Phi) is 16.0. The van der Waals surface area contributed by atoms with E-state index < -0.39 is 5.24 Å². The standard InChI is InChI=1S/C19H26N6O.C15H22N6.C4H5ClO/c1-15(2)19(26)20-12-16-4-6-18(7-5-16)25-14-17(21-22-25)13-24-10-8-23(3)9-11-24;1-19-6-8-20(9-7-19)11-14-12-21(18-17-14)15-4-2-13(10-16)3-5-15;1-3(2)4(5)6/h4-7,14H,1,8-13H2,2-3H3,(H,20,26);2-5,12H,6-11,16H2,1H3;1H2,2H3. The minimum absolute atomic E-state index is 0.126. The highest BCUT2D eigenvalue weighted by atomic mass is 35.5. The molecule has 0 bridgehead atoms. The molecule has 15 heteroatoms. The van der Waals surface area contributed by atoms with Crippen LogP contribution < -0.4 is 11.1 Å². The van der Waals surface area contributed by atoms with E-state index >= 15 is 0 Å². The fourth-order valence-corrected chi connectivity index (χ4v) is 5.35. The van der Waals surface area contributed by atoms with E-state index in [2.05, 4.69) is 72.8 Å². The normalized spacial score (nSPS) is 15.4. The van der Waals surface area contributed by atoms with E-state index in [4.69, 9.17) is 17.3 Å². The Morgan fingerprint density at radius 2 is 1.09 bits per heavy atom. The van der Waals surface area contributed by atoms with E-state index in [0.717, 1.165) is 99.3 Å². The van der Waals surface area contributed by atoms with E-state index in [1.165, 1.54) is 0 Å². The number of piperazine rings is 2. The van der Waals surface area contributed by atoms with Crippen molar-refractivity contribution >= 4 is 22.8 Å². The van der Waals surface area contributed by atoms with Crippen LogP contribution in [-0.2, 0) is 35.8 Å². The maximum atomic E-state index is 11.5. The monoisotopic (exact) mass is 744 g/mol. The average Bonchev–Trinajstić information content (AvgIpc) is 3.83. The lowest BCUT2D eigenvalue weighted by Gasteiger charge is -2.31. The molecule has 0 unspecified atom stereocenters. The number of rotatable bonds is 11. The summed E-state index contributed by atoms with van der Waals surface area (Å²) in [4.78, 5) is 30.9. The quantitative estimate of drug-likeness (QED) is 0.173. The molecule has 0 atom stereocenters. The van der Waals surface area contributed by atoms with Gasteiger partial charge in [-0.15, -0.1) is 10.2 Å². The fourth-order valence-electron chi connectivity index (χ4n) is 5.35. The highest BCUT2D eigenvalue weighted by Gasteiger charge is 2.17. The molecule has 1 amide bonds. The molecule has 0 spiro atoms. The van der Waals surface area contributed by atoms with Crippen molar-refractivity contribution in [1.82, 2.24) is 54.9 Å². The number of nitrogens with zero attached hydrogens (tertiary/aromatic N) is 10. The maximum absolute atomic E-state index is 11.5. The SMILES string of the molecule is C=C(C)C(=O)Cl.C=C(C)C(=O)NCc1ccc(-n2cc(CN3CCN(C)CC3)nn2)cc1.CN1CCN(Cc2cn(-c3ccc(CN)cc3)nn2)CC1. The van der Waals surface area contributed by atoms with Gasteiger partial charge in [0.25, 0.3) is 0 Å². The molecule has 0 radical (unpaired) electrons. The second kappa shape index (κ2) is 20.6. The molecule has 284 valence electrons. The molecule has 4 heterocycles. The number of hydrogen-bond donors (Lipinski definition) is 2. The summed E-state index contributed by atoms with van der Waals surface area (Å²) in [5.41, 5.74) is 12.6. The van der Waals surface area contributed by atoms with E-state index in [1.807, 2.05) is 65.6 Å². The number of benzene rings is 2. The Morgan fingerprint density at radius 1 is 0.698 bits per heavy atom. The van der Waals surface area contributed by atoms with Gasteiger partial charge in [0.05, 0.1) is 35.2 Å². The highest BCUT2D eigenvalue weighted by molar-refractivity contribution is 6.67. The molecule has 3 N–H and O–H groups in total. The highest BCUT2D eigenvalue weighted by Crippen LogP contribution is 2.13. The minimum Gasteiger partial charge on any atom is -0.348 e. The molecule has 0 aliphatic carbocycles. The maximum Gasteiger partial charge on any atom is 0.247 e. The zero-order valence-corrected chi connectivity index (χ0v) is 32.2. The number of allylic oxidation sites excluding steroid dienone is 1. The van der Waals surface area contributed by atoms with Crippen LogP contribution in [0.2, 0.25) is 0 Å². The van der Waals surface area contributed by atoms with Gasteiger partial charge < -0.3 is 20.9 Å². The molecule has 0 saturated carbocycles. The van der Waals surface area contributed by atoms with Crippen molar-refractivity contribution < 1.29 is 9.59 Å². The van der Waals surface area contributed by atoms with Gasteiger partial charge in [-0.25, -0.2) is 9.36 Å². The van der Waals surface area contributed by atoms with Gasteiger partial charge in [0, 0.05) is 89.7 Å². The van der Waals surface area contributed by atoms with Crippen molar-refractivity contribution in [3.05, 3.63) is 108 Å². The Balaban J connectivity index is 0.000000209. The van der Waals surface area contributed by atoms with Crippen LogP contribution in [0, 0.1) is 0 Å². The summed E-state index contributed by atoms with van der Waals surface area (Å²) in [5, 5.41) is 19.4. The molecule has 2 aromatic carbocycles. The second-order valence-electron chi connectivity index (χ2n) is 13.5. The van der Waals surface area contributed by atoms with Crippen LogP contribution in [0.25, 0.3) is 11.4 Å². The molecule has 2 aliphatic heterocycles. The Bertz CT molecular complexity index is 1760. The van der Waals surface area contributed by atoms with Crippen LogP contribution in [0.5, 0.6) is 0 Å². The summed E-state index contributed by atoms with van der Waals surface area (Å²) >= 11 is 4.87. The Morgan fingerprint density at radius 3 is 1.45 bits per heavy atom. The zero-order chi connectivity index (χ0) is 38.3. The lowest BCUT2D eigenvalue weighted by molar-refractivity contribution is -0.117. The third kappa shape index (κ3) is 13.7. The van der Waals surface area contributed by atoms with Crippen molar-refractivity contribution in [3.8, 4) is 11.4 Å². The summed E-state index contributed by atoms with van der Waals surface area (Å²) in [6.45, 7) is 21.7. The van der Waals surface area contributed by atoms with E-state index in [0.29, 0.717) is 24.2 Å². The lowest BCUT2D eigenvalue weighted by atomic mass is 10.2. The number of hydrogen-bond acceptors (Lipinski definition) is 11. The van der Waals surface area contributed by atoms with Crippen molar-refractivity contribution in [2.75, 3.05) is 66.5 Å².